The summed E-state index contributed by atoms with van der Waals surface area (Å²) in [7, 11) is 0. The van der Waals surface area contributed by atoms with Gasteiger partial charge in [-0.25, -0.2) is 0 Å². The molecule has 0 rings (SSSR count). The van der Waals surface area contributed by atoms with Gasteiger partial charge in [-0.1, -0.05) is 0 Å². The van der Waals surface area contributed by atoms with Gasteiger partial charge in [0.05, 0.1) is 0 Å². The molecule has 0 bridgehead atoms. The van der Waals surface area contributed by atoms with Crippen molar-refractivity contribution in [3.8, 4) is 0 Å². The van der Waals surface area contributed by atoms with Gasteiger partial charge in [0.25, 0.3) is 0 Å². The third-order valence-corrected chi connectivity index (χ3v) is 0. The molecular weight excluding hydrogens is 203 g/mol. The van der Waals surface area contributed by atoms with Crippen LogP contribution in [0.1, 0.15) is 2.85 Å². The van der Waals surface area contributed by atoms with Crippen LogP contribution in [-0.2, 0) is 0 Å². The fourth-order valence-electron chi connectivity index (χ4n) is 0. The Labute approximate surface area is 74.7 Å². The Bertz CT molecular complexity index is 13.5. The van der Waals surface area contributed by atoms with E-state index in [4.69, 9.17) is 0 Å². The number of hydrogen-bond acceptors (Lipinski definition) is 1. The van der Waals surface area contributed by atoms with Gasteiger partial charge in [0.1, 0.15) is 0 Å². The van der Waals surface area contributed by atoms with Crippen LogP contribution in [0.25, 0.3) is 0 Å². The van der Waals surface area contributed by atoms with Gasteiger partial charge >= 0.3 is 48.9 Å². The average molecular weight is 211 g/mol. The zero-order valence-corrected chi connectivity index (χ0v) is 7.58. The SMILES string of the molecule is Cl.N.O.[Ba+2].[H-].[H-]. The van der Waals surface area contributed by atoms with E-state index in [0.717, 1.165) is 0 Å². The molecule has 0 radical (unpaired) electrons. The third-order valence-electron chi connectivity index (χ3n) is 0. The molecule has 5 N–H and O–H groups in total. The zero-order valence-electron chi connectivity index (χ0n) is 4.32. The van der Waals surface area contributed by atoms with E-state index in [-0.39, 0.29) is 75.8 Å². The van der Waals surface area contributed by atoms with Crippen LogP contribution in [0, 0.1) is 0 Å². The molecule has 0 saturated heterocycles. The molecule has 0 aromatic heterocycles. The zero-order chi connectivity index (χ0) is 0. The van der Waals surface area contributed by atoms with Crippen molar-refractivity contribution in [3.63, 3.8) is 0 Å². The Morgan fingerprint density at radius 1 is 1.25 bits per heavy atom. The van der Waals surface area contributed by atoms with Crippen LogP contribution < -0.4 is 6.15 Å². The summed E-state index contributed by atoms with van der Waals surface area (Å²) in [5, 5.41) is 0. The molecule has 0 fully saturated rings. The van der Waals surface area contributed by atoms with Gasteiger partial charge in [-0.2, -0.15) is 0 Å². The summed E-state index contributed by atoms with van der Waals surface area (Å²) in [5.41, 5.74) is 0. The molecule has 2 nitrogen and oxygen atoms in total. The van der Waals surface area contributed by atoms with Crippen molar-refractivity contribution in [2.45, 2.75) is 0 Å². The molecule has 0 spiro atoms. The summed E-state index contributed by atoms with van der Waals surface area (Å²) < 4.78 is 0. The average Bonchev–Trinajstić information content (AvgIpc) is 0. The summed E-state index contributed by atoms with van der Waals surface area (Å²) in [5.74, 6) is 0. The molecule has 0 aliphatic heterocycles. The van der Waals surface area contributed by atoms with E-state index in [1.807, 2.05) is 0 Å². The molecule has 0 amide bonds. The molecule has 4 heteroatoms. The smallest absolute Gasteiger partial charge is 1.00 e. The molecule has 4 heavy (non-hydrogen) atoms. The van der Waals surface area contributed by atoms with Crippen molar-refractivity contribution in [1.82, 2.24) is 6.15 Å². The Morgan fingerprint density at radius 3 is 1.25 bits per heavy atom. The van der Waals surface area contributed by atoms with Gasteiger partial charge in [0, 0.05) is 0 Å². The summed E-state index contributed by atoms with van der Waals surface area (Å²) in [6.45, 7) is 0. The first-order valence-corrected chi connectivity index (χ1v) is 0. The van der Waals surface area contributed by atoms with Crippen LogP contribution in [0.15, 0.2) is 0 Å². The van der Waals surface area contributed by atoms with Crippen molar-refractivity contribution < 1.29 is 8.33 Å². The van der Waals surface area contributed by atoms with Crippen LogP contribution >= 0.6 is 12.4 Å². The summed E-state index contributed by atoms with van der Waals surface area (Å²) in [6.07, 6.45) is 0. The normalized spacial score (nSPS) is 0. The molecule has 0 aromatic rings. The maximum atomic E-state index is 0. The Kier molecular flexibility index (Phi) is 224. The van der Waals surface area contributed by atoms with Crippen LogP contribution in [0.3, 0.4) is 0 Å². The Balaban J connectivity index is 0. The van der Waals surface area contributed by atoms with E-state index in [2.05, 4.69) is 0 Å². The largest absolute Gasteiger partial charge is 2.00 e. The predicted octanol–water partition coefficient (Wildman–Crippen LogP) is -0.397. The van der Waals surface area contributed by atoms with Crippen molar-refractivity contribution >= 4 is 61.3 Å². The van der Waals surface area contributed by atoms with Gasteiger partial charge < -0.3 is 14.5 Å². The monoisotopic (exact) mass is 211 g/mol. The van der Waals surface area contributed by atoms with Crippen molar-refractivity contribution in [1.29, 1.82) is 0 Å². The van der Waals surface area contributed by atoms with E-state index in [1.165, 1.54) is 0 Å². The van der Waals surface area contributed by atoms with Crippen LogP contribution in [0.2, 0.25) is 0 Å². The Morgan fingerprint density at radius 2 is 1.25 bits per heavy atom. The number of rotatable bonds is 0. The molecule has 0 aliphatic rings. The number of hydrogen-bond donors (Lipinski definition) is 1. The first-order valence-electron chi connectivity index (χ1n) is 0. The van der Waals surface area contributed by atoms with Crippen LogP contribution in [0.5, 0.6) is 0 Å². The van der Waals surface area contributed by atoms with Crippen molar-refractivity contribution in [3.05, 3.63) is 0 Å². The second-order valence-corrected chi connectivity index (χ2v) is 0. The molecule has 0 saturated carbocycles. The first-order chi connectivity index (χ1) is 0. The topological polar surface area (TPSA) is 66.5 Å². The Hall–Kier alpha value is 1.78. The minimum absolute atomic E-state index is 0. The summed E-state index contributed by atoms with van der Waals surface area (Å²) >= 11 is 0. The van der Waals surface area contributed by atoms with Gasteiger partial charge in [0.2, 0.25) is 0 Å². The van der Waals surface area contributed by atoms with Gasteiger partial charge in [-0.05, 0) is 0 Å². The molecule has 0 aliphatic carbocycles. The van der Waals surface area contributed by atoms with E-state index in [1.54, 1.807) is 0 Å². The minimum atomic E-state index is 0. The van der Waals surface area contributed by atoms with Gasteiger partial charge in [0.15, 0.2) is 0 Å². The second-order valence-electron chi connectivity index (χ2n) is 0. The molecular formula is H8BaClNO. The van der Waals surface area contributed by atoms with Crippen LogP contribution in [-0.4, -0.2) is 54.4 Å². The standard InChI is InChI=1S/Ba.ClH.H3N.H2O.2H/h;1H;1H3;1H2;;/q+2;;;;2*-1. The third kappa shape index (κ3) is 9.22. The van der Waals surface area contributed by atoms with Crippen LogP contribution in [0.4, 0.5) is 0 Å². The molecule has 28 valence electrons. The van der Waals surface area contributed by atoms with Crippen molar-refractivity contribution in [2.24, 2.45) is 0 Å². The molecule has 0 heterocycles. The maximum absolute atomic E-state index is 0. The van der Waals surface area contributed by atoms with E-state index in [9.17, 15) is 0 Å². The van der Waals surface area contributed by atoms with E-state index >= 15 is 0 Å². The fourth-order valence-corrected chi connectivity index (χ4v) is 0. The van der Waals surface area contributed by atoms with E-state index < -0.39 is 0 Å². The molecule has 0 aromatic carbocycles. The summed E-state index contributed by atoms with van der Waals surface area (Å²) in [4.78, 5) is 0. The minimum Gasteiger partial charge on any atom is -1.00 e. The quantitative estimate of drug-likeness (QED) is 0.544. The fraction of sp³-hybridized carbons (Fsp3) is 0. The maximum Gasteiger partial charge on any atom is 2.00 e. The van der Waals surface area contributed by atoms with Gasteiger partial charge in [-0.15, -0.1) is 12.4 Å². The number of halogens is 1. The molecule has 0 atom stereocenters. The summed E-state index contributed by atoms with van der Waals surface area (Å²) in [6, 6.07) is 0. The second kappa shape index (κ2) is 21.5. The first kappa shape index (κ1) is 41.6. The molecule has 0 unspecified atom stereocenters. The van der Waals surface area contributed by atoms with Gasteiger partial charge in [-0.3, -0.25) is 0 Å². The van der Waals surface area contributed by atoms with E-state index in [0.29, 0.717) is 0 Å². The van der Waals surface area contributed by atoms with Crippen molar-refractivity contribution in [2.75, 3.05) is 0 Å². The predicted molar refractivity (Wildman–Crippen MR) is 23.9 cm³/mol.